The number of hydrazine groups is 1. The summed E-state index contributed by atoms with van der Waals surface area (Å²) in [6, 6.07) is 0.338. The quantitative estimate of drug-likeness (QED) is 0.609. The van der Waals surface area contributed by atoms with Crippen LogP contribution in [-0.2, 0) is 0 Å². The summed E-state index contributed by atoms with van der Waals surface area (Å²) in [7, 11) is 0. The molecular weight excluding hydrogens is 236 g/mol. The molecule has 98 valence electrons. The van der Waals surface area contributed by atoms with Crippen LogP contribution in [0.3, 0.4) is 0 Å². The second kappa shape index (κ2) is 6.38. The molecule has 1 atom stereocenters. The van der Waals surface area contributed by atoms with Crippen LogP contribution in [0.5, 0.6) is 0 Å². The van der Waals surface area contributed by atoms with Crippen molar-refractivity contribution in [2.45, 2.75) is 52.6 Å². The molecule has 1 aromatic rings. The van der Waals surface area contributed by atoms with E-state index in [1.807, 2.05) is 4.68 Å². The molecule has 0 aliphatic heterocycles. The number of rotatable bonds is 6. The highest BCUT2D eigenvalue weighted by molar-refractivity contribution is 6.31. The van der Waals surface area contributed by atoms with Gasteiger partial charge in [0.2, 0.25) is 0 Å². The first-order valence-electron chi connectivity index (χ1n) is 6.25. The van der Waals surface area contributed by atoms with E-state index in [0.29, 0.717) is 10.9 Å². The molecule has 0 spiro atoms. The van der Waals surface area contributed by atoms with E-state index in [-0.39, 0.29) is 12.1 Å². The third-order valence-corrected chi connectivity index (χ3v) is 3.56. The third kappa shape index (κ3) is 3.00. The van der Waals surface area contributed by atoms with Gasteiger partial charge in [-0.3, -0.25) is 16.0 Å². The summed E-state index contributed by atoms with van der Waals surface area (Å²) < 4.78 is 1.95. The zero-order valence-corrected chi connectivity index (χ0v) is 11.8. The van der Waals surface area contributed by atoms with E-state index < -0.39 is 0 Å². The summed E-state index contributed by atoms with van der Waals surface area (Å²) in [5.74, 6) is 6.17. The van der Waals surface area contributed by atoms with Gasteiger partial charge in [0.25, 0.3) is 0 Å². The summed E-state index contributed by atoms with van der Waals surface area (Å²) in [5, 5.41) is 5.01. The maximum atomic E-state index is 6.24. The Bertz CT molecular complexity index is 344. The molecule has 0 amide bonds. The smallest absolute Gasteiger partial charge is 0.0834 e. The maximum absolute atomic E-state index is 6.24. The zero-order chi connectivity index (χ0) is 13.0. The number of nitrogens with two attached hydrogens (primary N) is 1. The predicted molar refractivity (Wildman–Crippen MR) is 71.8 cm³/mol. The molecule has 0 saturated carbocycles. The zero-order valence-electron chi connectivity index (χ0n) is 11.1. The Morgan fingerprint density at radius 1 is 1.41 bits per heavy atom. The van der Waals surface area contributed by atoms with E-state index >= 15 is 0 Å². The minimum Gasteiger partial charge on any atom is -0.271 e. The van der Waals surface area contributed by atoms with Gasteiger partial charge < -0.3 is 0 Å². The highest BCUT2D eigenvalue weighted by Gasteiger charge is 2.26. The molecule has 17 heavy (non-hydrogen) atoms. The van der Waals surface area contributed by atoms with Gasteiger partial charge in [0.05, 0.1) is 23.0 Å². The van der Waals surface area contributed by atoms with Crippen LogP contribution in [0.15, 0.2) is 6.20 Å². The Labute approximate surface area is 108 Å². The number of hydrogen-bond donors (Lipinski definition) is 2. The van der Waals surface area contributed by atoms with E-state index in [1.165, 1.54) is 0 Å². The molecule has 0 aliphatic carbocycles. The fraction of sp³-hybridized carbons (Fsp3) is 0.750. The lowest BCUT2D eigenvalue weighted by Gasteiger charge is -2.26. The highest BCUT2D eigenvalue weighted by Crippen LogP contribution is 2.32. The molecular formula is C12H23ClN4. The second-order valence-electron chi connectivity index (χ2n) is 4.64. The van der Waals surface area contributed by atoms with Crippen molar-refractivity contribution in [2.75, 3.05) is 0 Å². The summed E-state index contributed by atoms with van der Waals surface area (Å²) in [4.78, 5) is 0. The maximum Gasteiger partial charge on any atom is 0.0834 e. The Hall–Kier alpha value is -0.580. The minimum absolute atomic E-state index is 0.0578. The molecule has 3 N–H and O–H groups in total. The van der Waals surface area contributed by atoms with E-state index in [0.717, 1.165) is 18.5 Å². The third-order valence-electron chi connectivity index (χ3n) is 3.27. The van der Waals surface area contributed by atoms with Gasteiger partial charge in [0, 0.05) is 6.04 Å². The fourth-order valence-electron chi connectivity index (χ4n) is 2.25. The molecule has 0 fully saturated rings. The first-order chi connectivity index (χ1) is 8.06. The summed E-state index contributed by atoms with van der Waals surface area (Å²) in [5.41, 5.74) is 3.90. The first-order valence-corrected chi connectivity index (χ1v) is 6.63. The molecule has 0 aromatic carbocycles. The van der Waals surface area contributed by atoms with Gasteiger partial charge in [0.1, 0.15) is 0 Å². The van der Waals surface area contributed by atoms with E-state index in [2.05, 4.69) is 38.2 Å². The number of nitrogens with one attached hydrogen (secondary N) is 1. The summed E-state index contributed by atoms with van der Waals surface area (Å²) in [6.07, 6.45) is 3.82. The van der Waals surface area contributed by atoms with Crippen LogP contribution in [0.4, 0.5) is 0 Å². The molecule has 5 heteroatoms. The second-order valence-corrected chi connectivity index (χ2v) is 5.04. The number of aromatic nitrogens is 2. The van der Waals surface area contributed by atoms with Crippen molar-refractivity contribution in [1.82, 2.24) is 15.2 Å². The number of nitrogens with zero attached hydrogens (tertiary/aromatic N) is 2. The van der Waals surface area contributed by atoms with Crippen LogP contribution in [-0.4, -0.2) is 9.78 Å². The normalized spacial score (nSPS) is 13.6. The molecule has 1 aromatic heterocycles. The van der Waals surface area contributed by atoms with Crippen molar-refractivity contribution in [3.63, 3.8) is 0 Å². The average molecular weight is 259 g/mol. The molecule has 0 aliphatic rings. The first kappa shape index (κ1) is 14.5. The average Bonchev–Trinajstić information content (AvgIpc) is 2.68. The number of hydrogen-bond acceptors (Lipinski definition) is 3. The lowest BCUT2D eigenvalue weighted by Crippen LogP contribution is -2.35. The van der Waals surface area contributed by atoms with Crippen LogP contribution in [0, 0.1) is 5.92 Å². The van der Waals surface area contributed by atoms with Crippen molar-refractivity contribution in [3.8, 4) is 0 Å². The Morgan fingerprint density at radius 2 is 2.00 bits per heavy atom. The summed E-state index contributed by atoms with van der Waals surface area (Å²) in [6.45, 7) is 8.52. The minimum atomic E-state index is 0.0578. The van der Waals surface area contributed by atoms with Gasteiger partial charge in [-0.1, -0.05) is 38.3 Å². The molecule has 1 heterocycles. The van der Waals surface area contributed by atoms with Crippen LogP contribution in [0.1, 0.15) is 58.3 Å². The Morgan fingerprint density at radius 3 is 2.41 bits per heavy atom. The van der Waals surface area contributed by atoms with Crippen molar-refractivity contribution in [3.05, 3.63) is 16.9 Å². The van der Waals surface area contributed by atoms with Crippen molar-refractivity contribution in [2.24, 2.45) is 11.8 Å². The highest BCUT2D eigenvalue weighted by atomic mass is 35.5. The van der Waals surface area contributed by atoms with Gasteiger partial charge in [-0.05, 0) is 19.8 Å². The summed E-state index contributed by atoms with van der Waals surface area (Å²) >= 11 is 6.24. The van der Waals surface area contributed by atoms with Gasteiger partial charge in [-0.15, -0.1) is 0 Å². The van der Waals surface area contributed by atoms with Gasteiger partial charge in [0.15, 0.2) is 0 Å². The van der Waals surface area contributed by atoms with Gasteiger partial charge >= 0.3 is 0 Å². The van der Waals surface area contributed by atoms with Crippen LogP contribution < -0.4 is 11.3 Å². The Balaban J connectivity index is 3.14. The van der Waals surface area contributed by atoms with Gasteiger partial charge in [-0.2, -0.15) is 5.10 Å². The molecule has 0 saturated heterocycles. The van der Waals surface area contributed by atoms with Crippen LogP contribution in [0.2, 0.25) is 5.02 Å². The van der Waals surface area contributed by atoms with E-state index in [9.17, 15) is 0 Å². The topological polar surface area (TPSA) is 55.9 Å². The van der Waals surface area contributed by atoms with Gasteiger partial charge in [-0.25, -0.2) is 0 Å². The van der Waals surface area contributed by atoms with Crippen LogP contribution in [0.25, 0.3) is 0 Å². The monoisotopic (exact) mass is 258 g/mol. The van der Waals surface area contributed by atoms with E-state index in [4.69, 9.17) is 17.4 Å². The predicted octanol–water partition coefficient (Wildman–Crippen LogP) is 3.06. The van der Waals surface area contributed by atoms with Crippen molar-refractivity contribution < 1.29 is 0 Å². The fourth-order valence-corrected chi connectivity index (χ4v) is 2.50. The number of halogens is 1. The molecule has 1 unspecified atom stereocenters. The standard InChI is InChI=1S/C12H23ClN4/c1-5-9(6-2)11(16-14)12-10(13)7-15-17(12)8(3)4/h7-9,11,16H,5-6,14H2,1-4H3. The SMILES string of the molecule is CCC(CC)C(NN)c1c(Cl)cnn1C(C)C. The lowest BCUT2D eigenvalue weighted by atomic mass is 9.92. The van der Waals surface area contributed by atoms with Crippen LogP contribution >= 0.6 is 11.6 Å². The molecule has 0 bridgehead atoms. The van der Waals surface area contributed by atoms with Crippen molar-refractivity contribution in [1.29, 1.82) is 0 Å². The molecule has 1 rings (SSSR count). The molecule has 4 nitrogen and oxygen atoms in total. The van der Waals surface area contributed by atoms with E-state index in [1.54, 1.807) is 6.20 Å². The largest absolute Gasteiger partial charge is 0.271 e. The lowest BCUT2D eigenvalue weighted by molar-refractivity contribution is 0.319. The Kier molecular flexibility index (Phi) is 5.43. The van der Waals surface area contributed by atoms with Crippen molar-refractivity contribution >= 4 is 11.6 Å². The molecule has 0 radical (unpaired) electrons.